The van der Waals surface area contributed by atoms with Crippen molar-refractivity contribution in [3.05, 3.63) is 50.7 Å². The Balaban J connectivity index is 2.33. The molecule has 0 saturated heterocycles. The number of nitrogens with zero attached hydrogens (tertiary/aromatic N) is 1. The average molecular weight is 367 g/mol. The van der Waals surface area contributed by atoms with Gasteiger partial charge in [0.2, 0.25) is 10.0 Å². The summed E-state index contributed by atoms with van der Waals surface area (Å²) >= 11 is 1.62. The first kappa shape index (κ1) is 19.1. The molecule has 4 nitrogen and oxygen atoms in total. The minimum atomic E-state index is -3.56. The van der Waals surface area contributed by atoms with Gasteiger partial charge in [0.15, 0.2) is 0 Å². The van der Waals surface area contributed by atoms with Gasteiger partial charge in [0.05, 0.1) is 4.90 Å². The summed E-state index contributed by atoms with van der Waals surface area (Å²) in [5, 5.41) is 4.07. The van der Waals surface area contributed by atoms with Gasteiger partial charge in [-0.25, -0.2) is 13.1 Å². The first-order valence-electron chi connectivity index (χ1n) is 7.90. The lowest BCUT2D eigenvalue weighted by Gasteiger charge is -2.24. The van der Waals surface area contributed by atoms with Gasteiger partial charge in [-0.3, -0.25) is 0 Å². The summed E-state index contributed by atoms with van der Waals surface area (Å²) in [6.07, 6.45) is 0. The van der Waals surface area contributed by atoms with Crippen molar-refractivity contribution in [2.24, 2.45) is 0 Å². The number of thiophene rings is 1. The average Bonchev–Trinajstić information content (AvgIpc) is 2.99. The van der Waals surface area contributed by atoms with Crippen LogP contribution in [-0.4, -0.2) is 34.0 Å². The highest BCUT2D eigenvalue weighted by Gasteiger charge is 2.24. The Bertz CT molecular complexity index is 784. The molecule has 1 heterocycles. The Morgan fingerprint density at radius 3 is 2.17 bits per heavy atom. The number of benzene rings is 1. The molecule has 2 aromatic rings. The van der Waals surface area contributed by atoms with E-state index in [1.54, 1.807) is 11.3 Å². The zero-order chi connectivity index (χ0) is 18.1. The van der Waals surface area contributed by atoms with Crippen molar-refractivity contribution in [3.8, 4) is 0 Å². The second-order valence-corrected chi connectivity index (χ2v) is 8.96. The van der Waals surface area contributed by atoms with Crippen LogP contribution < -0.4 is 4.72 Å². The molecule has 0 fully saturated rings. The number of nitrogens with one attached hydrogen (secondary N) is 1. The number of sulfonamides is 1. The van der Waals surface area contributed by atoms with Gasteiger partial charge in [-0.2, -0.15) is 11.3 Å². The quantitative estimate of drug-likeness (QED) is 0.850. The molecule has 0 saturated carbocycles. The van der Waals surface area contributed by atoms with Gasteiger partial charge in [0.25, 0.3) is 0 Å². The second kappa shape index (κ2) is 7.35. The lowest BCUT2D eigenvalue weighted by Crippen LogP contribution is -2.35. The highest BCUT2D eigenvalue weighted by Crippen LogP contribution is 2.27. The molecule has 0 radical (unpaired) electrons. The van der Waals surface area contributed by atoms with Crippen LogP contribution >= 0.6 is 11.3 Å². The highest BCUT2D eigenvalue weighted by atomic mass is 32.2. The molecular weight excluding hydrogens is 340 g/mol. The van der Waals surface area contributed by atoms with Crippen LogP contribution in [0.15, 0.2) is 27.8 Å². The van der Waals surface area contributed by atoms with E-state index in [0.29, 0.717) is 11.4 Å². The van der Waals surface area contributed by atoms with Crippen LogP contribution in [0.1, 0.15) is 33.9 Å². The van der Waals surface area contributed by atoms with Gasteiger partial charge in [0.1, 0.15) is 0 Å². The fourth-order valence-corrected chi connectivity index (χ4v) is 5.26. The molecule has 2 rings (SSSR count). The van der Waals surface area contributed by atoms with Gasteiger partial charge < -0.3 is 4.90 Å². The topological polar surface area (TPSA) is 49.4 Å². The summed E-state index contributed by atoms with van der Waals surface area (Å²) in [4.78, 5) is 2.45. The third-order valence-electron chi connectivity index (χ3n) is 4.58. The van der Waals surface area contributed by atoms with Gasteiger partial charge in [-0.1, -0.05) is 6.07 Å². The van der Waals surface area contributed by atoms with Crippen LogP contribution in [0, 0.1) is 27.7 Å². The van der Waals surface area contributed by atoms with Crippen molar-refractivity contribution in [2.45, 2.75) is 38.6 Å². The molecule has 0 aliphatic heterocycles. The van der Waals surface area contributed by atoms with E-state index in [0.717, 1.165) is 27.8 Å². The molecule has 6 heteroatoms. The molecular formula is C18H26N2O2S2. The molecule has 132 valence electrons. The summed E-state index contributed by atoms with van der Waals surface area (Å²) in [6, 6.07) is 4.09. The van der Waals surface area contributed by atoms with Crippen molar-refractivity contribution >= 4 is 21.4 Å². The second-order valence-electron chi connectivity index (χ2n) is 6.48. The minimum absolute atomic E-state index is 0.0116. The molecule has 0 aliphatic rings. The zero-order valence-electron chi connectivity index (χ0n) is 15.2. The molecule has 1 aromatic carbocycles. The van der Waals surface area contributed by atoms with Gasteiger partial charge in [-0.05, 0) is 86.4 Å². The number of likely N-dealkylation sites (N-methyl/N-ethyl adjacent to an activating group) is 1. The van der Waals surface area contributed by atoms with Crippen LogP contribution in [-0.2, 0) is 10.0 Å². The number of hydrogen-bond acceptors (Lipinski definition) is 4. The highest BCUT2D eigenvalue weighted by molar-refractivity contribution is 7.89. The molecule has 24 heavy (non-hydrogen) atoms. The minimum Gasteiger partial charge on any atom is -0.301 e. The third-order valence-corrected chi connectivity index (χ3v) is 6.98. The number of aryl methyl sites for hydroxylation is 2. The number of hydrogen-bond donors (Lipinski definition) is 1. The first-order chi connectivity index (χ1) is 11.1. The van der Waals surface area contributed by atoms with Crippen LogP contribution in [0.4, 0.5) is 0 Å². The standard InChI is InChI=1S/C18H26N2O2S2/c1-12-9-13(2)15(4)18(14(12)3)24(21,22)19-10-17(20(5)6)16-7-8-23-11-16/h7-9,11,17,19H,10H2,1-6H3. The first-order valence-corrected chi connectivity index (χ1v) is 10.3. The maximum absolute atomic E-state index is 12.9. The van der Waals surface area contributed by atoms with Gasteiger partial charge in [-0.15, -0.1) is 0 Å². The van der Waals surface area contributed by atoms with Crippen molar-refractivity contribution in [1.29, 1.82) is 0 Å². The van der Waals surface area contributed by atoms with Gasteiger partial charge in [0, 0.05) is 12.6 Å². The molecule has 0 amide bonds. The van der Waals surface area contributed by atoms with Gasteiger partial charge >= 0.3 is 0 Å². The fraction of sp³-hybridized carbons (Fsp3) is 0.444. The molecule has 1 unspecified atom stereocenters. The lowest BCUT2D eigenvalue weighted by molar-refractivity contribution is 0.300. The SMILES string of the molecule is Cc1cc(C)c(C)c(S(=O)(=O)NCC(c2ccsc2)N(C)C)c1C. The Hall–Kier alpha value is -1.21. The predicted molar refractivity (Wildman–Crippen MR) is 101 cm³/mol. The number of rotatable bonds is 6. The Labute approximate surface area is 149 Å². The van der Waals surface area contributed by atoms with E-state index in [1.807, 2.05) is 64.2 Å². The van der Waals surface area contributed by atoms with Crippen molar-refractivity contribution in [3.63, 3.8) is 0 Å². The van der Waals surface area contributed by atoms with Crippen LogP contribution in [0.3, 0.4) is 0 Å². The predicted octanol–water partition coefficient (Wildman–Crippen LogP) is 3.56. The van der Waals surface area contributed by atoms with Crippen molar-refractivity contribution in [1.82, 2.24) is 9.62 Å². The summed E-state index contributed by atoms with van der Waals surface area (Å²) in [5.74, 6) is 0. The third kappa shape index (κ3) is 3.88. The molecule has 1 N–H and O–H groups in total. The van der Waals surface area contributed by atoms with E-state index in [2.05, 4.69) is 10.1 Å². The van der Waals surface area contributed by atoms with Crippen LogP contribution in [0.25, 0.3) is 0 Å². The normalized spacial score (nSPS) is 13.5. The molecule has 1 atom stereocenters. The van der Waals surface area contributed by atoms with Crippen molar-refractivity contribution < 1.29 is 8.42 Å². The van der Waals surface area contributed by atoms with E-state index in [4.69, 9.17) is 0 Å². The Kier molecular flexibility index (Phi) is 5.86. The summed E-state index contributed by atoms with van der Waals surface area (Å²) < 4.78 is 28.7. The van der Waals surface area contributed by atoms with E-state index < -0.39 is 10.0 Å². The smallest absolute Gasteiger partial charge is 0.241 e. The van der Waals surface area contributed by atoms with E-state index in [-0.39, 0.29) is 6.04 Å². The van der Waals surface area contributed by atoms with Crippen LogP contribution in [0.2, 0.25) is 0 Å². The molecule has 0 aliphatic carbocycles. The largest absolute Gasteiger partial charge is 0.301 e. The summed E-state index contributed by atoms with van der Waals surface area (Å²) in [5.41, 5.74) is 4.77. The monoisotopic (exact) mass is 366 g/mol. The van der Waals surface area contributed by atoms with E-state index in [1.165, 1.54) is 0 Å². The molecule has 0 bridgehead atoms. The summed E-state index contributed by atoms with van der Waals surface area (Å²) in [7, 11) is 0.365. The molecule has 1 aromatic heterocycles. The van der Waals surface area contributed by atoms with E-state index >= 15 is 0 Å². The Morgan fingerprint density at radius 2 is 1.71 bits per heavy atom. The zero-order valence-corrected chi connectivity index (χ0v) is 16.8. The molecule has 0 spiro atoms. The maximum Gasteiger partial charge on any atom is 0.241 e. The fourth-order valence-electron chi connectivity index (χ4n) is 2.91. The van der Waals surface area contributed by atoms with E-state index in [9.17, 15) is 8.42 Å². The maximum atomic E-state index is 12.9. The lowest BCUT2D eigenvalue weighted by atomic mass is 10.0. The Morgan fingerprint density at radius 1 is 1.12 bits per heavy atom. The summed E-state index contributed by atoms with van der Waals surface area (Å²) in [6.45, 7) is 8.00. The van der Waals surface area contributed by atoms with Crippen molar-refractivity contribution in [2.75, 3.05) is 20.6 Å². The van der Waals surface area contributed by atoms with Crippen LogP contribution in [0.5, 0.6) is 0 Å².